The van der Waals surface area contributed by atoms with Gasteiger partial charge in [-0.2, -0.15) is 0 Å². The minimum absolute atomic E-state index is 0.0748. The van der Waals surface area contributed by atoms with Crippen molar-refractivity contribution in [3.8, 4) is 0 Å². The Bertz CT molecular complexity index is 1020. The van der Waals surface area contributed by atoms with Crippen LogP contribution in [0.25, 0.3) is 0 Å². The highest BCUT2D eigenvalue weighted by Crippen LogP contribution is 2.16. The maximum atomic E-state index is 12.7. The van der Waals surface area contributed by atoms with E-state index in [9.17, 15) is 14.4 Å². The van der Waals surface area contributed by atoms with Gasteiger partial charge in [-0.15, -0.1) is 0 Å². The molecule has 1 unspecified atom stereocenters. The van der Waals surface area contributed by atoms with E-state index in [1.54, 1.807) is 0 Å². The van der Waals surface area contributed by atoms with Gasteiger partial charge in [0.1, 0.15) is 13.2 Å². The molecule has 60 heavy (non-hydrogen) atoms. The molecule has 0 rings (SSSR count). The number of allylic oxidation sites excluding steroid dienone is 6. The zero-order valence-electron chi connectivity index (χ0n) is 40.0. The molecule has 0 aromatic heterocycles. The molecule has 0 amide bonds. The van der Waals surface area contributed by atoms with Gasteiger partial charge in [0.15, 0.2) is 6.10 Å². The van der Waals surface area contributed by atoms with Gasteiger partial charge in [0.05, 0.1) is 0 Å². The van der Waals surface area contributed by atoms with Crippen LogP contribution in [0.4, 0.5) is 0 Å². The van der Waals surface area contributed by atoms with Gasteiger partial charge in [-0.05, 0) is 57.8 Å². The number of ether oxygens (including phenoxy) is 3. The van der Waals surface area contributed by atoms with Gasteiger partial charge >= 0.3 is 17.9 Å². The number of hydrogen-bond donors (Lipinski definition) is 0. The monoisotopic (exact) mass is 843 g/mol. The van der Waals surface area contributed by atoms with E-state index in [1.165, 1.54) is 148 Å². The first-order chi connectivity index (χ1) is 29.5. The van der Waals surface area contributed by atoms with Gasteiger partial charge in [0.25, 0.3) is 0 Å². The fraction of sp³-hybridized carbons (Fsp3) is 0.833. The number of unbranched alkanes of at least 4 members (excludes halogenated alkanes) is 30. The lowest BCUT2D eigenvalue weighted by atomic mass is 10.0. The Labute approximate surface area is 372 Å². The van der Waals surface area contributed by atoms with Crippen molar-refractivity contribution < 1.29 is 28.6 Å². The third kappa shape index (κ3) is 46.7. The summed E-state index contributed by atoms with van der Waals surface area (Å²) in [6.45, 7) is 6.55. The Balaban J connectivity index is 4.16. The van der Waals surface area contributed by atoms with Crippen molar-refractivity contribution in [2.45, 2.75) is 277 Å². The van der Waals surface area contributed by atoms with Gasteiger partial charge in [-0.25, -0.2) is 0 Å². The van der Waals surface area contributed by atoms with Crippen LogP contribution in [0, 0.1) is 0 Å². The molecule has 0 aliphatic carbocycles. The van der Waals surface area contributed by atoms with Crippen LogP contribution in [0.5, 0.6) is 0 Å². The highest BCUT2D eigenvalue weighted by Gasteiger charge is 2.19. The van der Waals surface area contributed by atoms with Crippen molar-refractivity contribution >= 4 is 17.9 Å². The molecule has 0 bridgehead atoms. The van der Waals surface area contributed by atoms with E-state index in [-0.39, 0.29) is 31.1 Å². The first-order valence-corrected chi connectivity index (χ1v) is 26.0. The molecule has 1 atom stereocenters. The number of carbonyl (C=O) groups excluding carboxylic acids is 3. The first-order valence-electron chi connectivity index (χ1n) is 26.0. The fourth-order valence-corrected chi connectivity index (χ4v) is 7.45. The second kappa shape index (κ2) is 49.3. The van der Waals surface area contributed by atoms with E-state index in [4.69, 9.17) is 14.2 Å². The quantitative estimate of drug-likeness (QED) is 0.0263. The molecule has 0 N–H and O–H groups in total. The molecule has 0 saturated carbocycles. The zero-order valence-corrected chi connectivity index (χ0v) is 40.0. The summed E-state index contributed by atoms with van der Waals surface area (Å²) in [5.41, 5.74) is 0. The molecule has 0 aliphatic rings. The summed E-state index contributed by atoms with van der Waals surface area (Å²) in [5, 5.41) is 0. The van der Waals surface area contributed by atoms with Crippen molar-refractivity contribution in [3.63, 3.8) is 0 Å². The Morgan fingerprint density at radius 3 is 0.933 bits per heavy atom. The highest BCUT2D eigenvalue weighted by atomic mass is 16.6. The van der Waals surface area contributed by atoms with Crippen LogP contribution in [0.3, 0.4) is 0 Å². The first kappa shape index (κ1) is 57.6. The van der Waals surface area contributed by atoms with E-state index >= 15 is 0 Å². The average Bonchev–Trinajstić information content (AvgIpc) is 3.24. The molecule has 6 nitrogen and oxygen atoms in total. The summed E-state index contributed by atoms with van der Waals surface area (Å²) in [6, 6.07) is 0. The van der Waals surface area contributed by atoms with Crippen LogP contribution < -0.4 is 0 Å². The summed E-state index contributed by atoms with van der Waals surface area (Å²) >= 11 is 0. The second-order valence-electron chi connectivity index (χ2n) is 17.4. The molecular formula is C54H98O6. The average molecular weight is 843 g/mol. The highest BCUT2D eigenvalue weighted by molar-refractivity contribution is 5.71. The zero-order chi connectivity index (χ0) is 43.7. The molecule has 6 heteroatoms. The molecule has 0 fully saturated rings. The summed E-state index contributed by atoms with van der Waals surface area (Å²) < 4.78 is 16.7. The lowest BCUT2D eigenvalue weighted by Gasteiger charge is -2.18. The molecule has 0 radical (unpaired) electrons. The van der Waals surface area contributed by atoms with Crippen LogP contribution in [0.1, 0.15) is 271 Å². The SMILES string of the molecule is CCCCCCC/C=C\C/C=C\C/C=C\CCCCCCCCC(=O)OCC(COC(=O)CCCCCCC)OC(=O)CCCCCCCCCCCCCCCCCC. The van der Waals surface area contributed by atoms with Gasteiger partial charge in [0, 0.05) is 19.3 Å². The van der Waals surface area contributed by atoms with Gasteiger partial charge < -0.3 is 14.2 Å². The Morgan fingerprint density at radius 1 is 0.333 bits per heavy atom. The van der Waals surface area contributed by atoms with Crippen LogP contribution in [0.2, 0.25) is 0 Å². The summed E-state index contributed by atoms with van der Waals surface area (Å²) in [5.74, 6) is -0.891. The minimum atomic E-state index is -0.770. The molecule has 0 aliphatic heterocycles. The topological polar surface area (TPSA) is 78.9 Å². The normalized spacial score (nSPS) is 12.2. The van der Waals surface area contributed by atoms with E-state index in [1.807, 2.05) is 0 Å². The Morgan fingerprint density at radius 2 is 0.600 bits per heavy atom. The van der Waals surface area contributed by atoms with Crippen molar-refractivity contribution in [3.05, 3.63) is 36.5 Å². The predicted octanol–water partition coefficient (Wildman–Crippen LogP) is 16.9. The molecule has 0 heterocycles. The number of esters is 3. The Hall–Kier alpha value is -2.37. The molecule has 0 spiro atoms. The number of hydrogen-bond acceptors (Lipinski definition) is 6. The van der Waals surface area contributed by atoms with E-state index < -0.39 is 6.10 Å². The summed E-state index contributed by atoms with van der Waals surface area (Å²) in [7, 11) is 0. The maximum absolute atomic E-state index is 12.7. The van der Waals surface area contributed by atoms with Gasteiger partial charge in [-0.1, -0.05) is 231 Å². The van der Waals surface area contributed by atoms with Crippen LogP contribution in [-0.4, -0.2) is 37.2 Å². The summed E-state index contributed by atoms with van der Waals surface area (Å²) in [4.78, 5) is 37.6. The molecule has 0 aromatic carbocycles. The van der Waals surface area contributed by atoms with Crippen LogP contribution in [-0.2, 0) is 28.6 Å². The smallest absolute Gasteiger partial charge is 0.306 e. The number of rotatable bonds is 47. The molecular weight excluding hydrogens is 745 g/mol. The van der Waals surface area contributed by atoms with Crippen molar-refractivity contribution in [2.24, 2.45) is 0 Å². The lowest BCUT2D eigenvalue weighted by Crippen LogP contribution is -2.30. The van der Waals surface area contributed by atoms with Crippen LogP contribution in [0.15, 0.2) is 36.5 Å². The van der Waals surface area contributed by atoms with Crippen molar-refractivity contribution in [1.82, 2.24) is 0 Å². The van der Waals surface area contributed by atoms with E-state index in [0.29, 0.717) is 19.3 Å². The van der Waals surface area contributed by atoms with Gasteiger partial charge in [0.2, 0.25) is 0 Å². The van der Waals surface area contributed by atoms with E-state index in [0.717, 1.165) is 83.5 Å². The summed E-state index contributed by atoms with van der Waals surface area (Å²) in [6.07, 6.45) is 57.4. The van der Waals surface area contributed by atoms with Crippen molar-refractivity contribution in [1.29, 1.82) is 0 Å². The molecule has 0 aromatic rings. The predicted molar refractivity (Wildman–Crippen MR) is 256 cm³/mol. The third-order valence-electron chi connectivity index (χ3n) is 11.4. The molecule has 350 valence electrons. The van der Waals surface area contributed by atoms with Gasteiger partial charge in [-0.3, -0.25) is 14.4 Å². The van der Waals surface area contributed by atoms with E-state index in [2.05, 4.69) is 57.2 Å². The molecule has 0 saturated heterocycles. The van der Waals surface area contributed by atoms with Crippen molar-refractivity contribution in [2.75, 3.05) is 13.2 Å². The lowest BCUT2D eigenvalue weighted by molar-refractivity contribution is -0.167. The van der Waals surface area contributed by atoms with Crippen LogP contribution >= 0.6 is 0 Å². The standard InChI is InChI=1S/C54H98O6/c1-4-7-10-13-15-17-19-21-23-25-26-27-28-29-31-32-34-36-38-41-44-47-53(56)59-50-51(49-58-52(55)46-43-40-12-9-6-3)60-54(57)48-45-42-39-37-35-33-30-24-22-20-18-16-14-11-8-5-2/h19,21,25-26,28-29,51H,4-18,20,22-24,27,30-50H2,1-3H3/b21-19-,26-25-,29-28-. The maximum Gasteiger partial charge on any atom is 0.306 e. The third-order valence-corrected chi connectivity index (χ3v) is 11.4. The second-order valence-corrected chi connectivity index (χ2v) is 17.4. The largest absolute Gasteiger partial charge is 0.462 e. The minimum Gasteiger partial charge on any atom is -0.462 e. The Kier molecular flexibility index (Phi) is 47.3. The number of carbonyl (C=O) groups is 3. The fourth-order valence-electron chi connectivity index (χ4n) is 7.45.